The second-order valence-corrected chi connectivity index (χ2v) is 6.54. The van der Waals surface area contributed by atoms with Gasteiger partial charge in [-0.25, -0.2) is 0 Å². The largest absolute Gasteiger partial charge is 0.305 e. The van der Waals surface area contributed by atoms with Crippen molar-refractivity contribution >= 4 is 11.3 Å². The van der Waals surface area contributed by atoms with E-state index in [1.807, 2.05) is 23.1 Å². The summed E-state index contributed by atoms with van der Waals surface area (Å²) in [7, 11) is 2.01. The molecule has 0 aliphatic heterocycles. The maximum Gasteiger partial charge on any atom is 0.0625 e. The first-order valence-corrected chi connectivity index (χ1v) is 7.65. The van der Waals surface area contributed by atoms with Crippen LogP contribution in [0.25, 0.3) is 0 Å². The van der Waals surface area contributed by atoms with Crippen LogP contribution in [0.4, 0.5) is 0 Å². The van der Waals surface area contributed by atoms with Gasteiger partial charge in [0.2, 0.25) is 0 Å². The molecule has 1 atom stereocenters. The van der Waals surface area contributed by atoms with Gasteiger partial charge in [-0.3, -0.25) is 4.68 Å². The minimum absolute atomic E-state index is 0.380. The van der Waals surface area contributed by atoms with Gasteiger partial charge in [-0.2, -0.15) is 5.10 Å². The second-order valence-electron chi connectivity index (χ2n) is 5.08. The Morgan fingerprint density at radius 1 is 1.37 bits per heavy atom. The van der Waals surface area contributed by atoms with Gasteiger partial charge in [0, 0.05) is 29.4 Å². The Kier molecular flexibility index (Phi) is 4.42. The van der Waals surface area contributed by atoms with E-state index in [0.717, 1.165) is 18.7 Å². The molecule has 0 fully saturated rings. The Morgan fingerprint density at radius 2 is 2.11 bits per heavy atom. The lowest BCUT2D eigenvalue weighted by molar-refractivity contribution is 0.547. The molecule has 104 valence electrons. The molecule has 1 unspecified atom stereocenters. The number of thiophene rings is 1. The van der Waals surface area contributed by atoms with Gasteiger partial charge in [0.15, 0.2) is 0 Å². The number of nitrogens with one attached hydrogen (secondary N) is 1. The fourth-order valence-electron chi connectivity index (χ4n) is 2.36. The maximum absolute atomic E-state index is 4.48. The molecule has 0 saturated carbocycles. The molecule has 4 heteroatoms. The fraction of sp³-hybridized carbons (Fsp3) is 0.533. The van der Waals surface area contributed by atoms with Crippen LogP contribution in [0.1, 0.15) is 46.6 Å². The molecular formula is C15H23N3S. The van der Waals surface area contributed by atoms with Crippen molar-refractivity contribution in [3.8, 4) is 0 Å². The quantitative estimate of drug-likeness (QED) is 0.906. The van der Waals surface area contributed by atoms with Crippen molar-refractivity contribution < 1.29 is 0 Å². The first-order valence-electron chi connectivity index (χ1n) is 6.83. The zero-order chi connectivity index (χ0) is 14.0. The summed E-state index contributed by atoms with van der Waals surface area (Å²) in [5.41, 5.74) is 3.82. The zero-order valence-electron chi connectivity index (χ0n) is 12.4. The highest BCUT2D eigenvalue weighted by molar-refractivity contribution is 7.12. The fourth-order valence-corrected chi connectivity index (χ4v) is 3.38. The molecule has 3 nitrogen and oxygen atoms in total. The van der Waals surface area contributed by atoms with E-state index in [0.29, 0.717) is 6.04 Å². The summed E-state index contributed by atoms with van der Waals surface area (Å²) in [6.07, 6.45) is 0.992. The Morgan fingerprint density at radius 3 is 2.63 bits per heavy atom. The highest BCUT2D eigenvalue weighted by atomic mass is 32.1. The van der Waals surface area contributed by atoms with E-state index in [4.69, 9.17) is 0 Å². The summed E-state index contributed by atoms with van der Waals surface area (Å²) in [4.78, 5) is 2.80. The molecule has 0 aliphatic rings. The van der Waals surface area contributed by atoms with E-state index in [2.05, 4.69) is 50.2 Å². The van der Waals surface area contributed by atoms with Gasteiger partial charge in [-0.15, -0.1) is 11.3 Å². The van der Waals surface area contributed by atoms with Crippen LogP contribution >= 0.6 is 11.3 Å². The van der Waals surface area contributed by atoms with Crippen molar-refractivity contribution in [3.63, 3.8) is 0 Å². The molecule has 0 bridgehead atoms. The molecule has 2 aromatic rings. The second kappa shape index (κ2) is 5.88. The van der Waals surface area contributed by atoms with Gasteiger partial charge in [0.05, 0.1) is 11.4 Å². The van der Waals surface area contributed by atoms with Crippen molar-refractivity contribution in [1.29, 1.82) is 0 Å². The molecule has 2 heterocycles. The van der Waals surface area contributed by atoms with E-state index in [-0.39, 0.29) is 0 Å². The van der Waals surface area contributed by atoms with Gasteiger partial charge in [0.1, 0.15) is 0 Å². The van der Waals surface area contributed by atoms with Crippen LogP contribution in [0.15, 0.2) is 12.1 Å². The highest BCUT2D eigenvalue weighted by Crippen LogP contribution is 2.26. The predicted molar refractivity (Wildman–Crippen MR) is 81.6 cm³/mol. The molecule has 2 rings (SSSR count). The molecule has 0 spiro atoms. The number of hydrogen-bond donors (Lipinski definition) is 1. The topological polar surface area (TPSA) is 29.9 Å². The lowest BCUT2D eigenvalue weighted by Gasteiger charge is -2.13. The van der Waals surface area contributed by atoms with E-state index in [1.165, 1.54) is 21.0 Å². The molecule has 0 radical (unpaired) electrons. The standard InChI is InChI=1S/C15H23N3S/c1-6-13-8-14(18(5)17-13)9-16-11(3)15-7-10(2)19-12(15)4/h7-8,11,16H,6,9H2,1-5H3. The highest BCUT2D eigenvalue weighted by Gasteiger charge is 2.12. The maximum atomic E-state index is 4.48. The molecule has 2 aromatic heterocycles. The van der Waals surface area contributed by atoms with Crippen molar-refractivity contribution in [2.45, 2.75) is 46.7 Å². The summed E-state index contributed by atoms with van der Waals surface area (Å²) < 4.78 is 1.98. The minimum Gasteiger partial charge on any atom is -0.305 e. The van der Waals surface area contributed by atoms with Crippen LogP contribution in [0.2, 0.25) is 0 Å². The van der Waals surface area contributed by atoms with Crippen LogP contribution < -0.4 is 5.32 Å². The van der Waals surface area contributed by atoms with Crippen LogP contribution in [0.3, 0.4) is 0 Å². The van der Waals surface area contributed by atoms with Gasteiger partial charge >= 0.3 is 0 Å². The van der Waals surface area contributed by atoms with Gasteiger partial charge in [-0.1, -0.05) is 6.92 Å². The Hall–Kier alpha value is -1.13. The molecule has 0 saturated heterocycles. The van der Waals surface area contributed by atoms with E-state index in [9.17, 15) is 0 Å². The number of aromatic nitrogens is 2. The number of nitrogens with zero attached hydrogens (tertiary/aromatic N) is 2. The number of hydrogen-bond acceptors (Lipinski definition) is 3. The van der Waals surface area contributed by atoms with Crippen molar-refractivity contribution in [2.24, 2.45) is 7.05 Å². The average Bonchev–Trinajstić information content (AvgIpc) is 2.89. The SMILES string of the molecule is CCc1cc(CNC(C)c2cc(C)sc2C)n(C)n1. The lowest BCUT2D eigenvalue weighted by Crippen LogP contribution is -2.19. The third-order valence-corrected chi connectivity index (χ3v) is 4.51. The first kappa shape index (κ1) is 14.3. The third-order valence-electron chi connectivity index (χ3n) is 3.52. The third kappa shape index (κ3) is 3.25. The van der Waals surface area contributed by atoms with E-state index >= 15 is 0 Å². The number of rotatable bonds is 5. The summed E-state index contributed by atoms with van der Waals surface area (Å²) in [5, 5.41) is 8.07. The summed E-state index contributed by atoms with van der Waals surface area (Å²) >= 11 is 1.87. The van der Waals surface area contributed by atoms with Crippen molar-refractivity contribution in [2.75, 3.05) is 0 Å². The normalized spacial score (nSPS) is 12.9. The monoisotopic (exact) mass is 277 g/mol. The van der Waals surface area contributed by atoms with Crippen LogP contribution in [-0.2, 0) is 20.0 Å². The molecule has 0 aliphatic carbocycles. The first-order chi connectivity index (χ1) is 9.01. The van der Waals surface area contributed by atoms with Crippen LogP contribution in [-0.4, -0.2) is 9.78 Å². The average molecular weight is 277 g/mol. The predicted octanol–water partition coefficient (Wildman–Crippen LogP) is 3.51. The zero-order valence-corrected chi connectivity index (χ0v) is 13.3. The van der Waals surface area contributed by atoms with Gasteiger partial charge in [0.25, 0.3) is 0 Å². The van der Waals surface area contributed by atoms with E-state index in [1.54, 1.807) is 0 Å². The summed E-state index contributed by atoms with van der Waals surface area (Å²) in [6, 6.07) is 4.86. The van der Waals surface area contributed by atoms with E-state index < -0.39 is 0 Å². The Bertz CT molecular complexity index is 554. The van der Waals surface area contributed by atoms with Crippen LogP contribution in [0.5, 0.6) is 0 Å². The Labute approximate surface area is 119 Å². The molecular weight excluding hydrogens is 254 g/mol. The van der Waals surface area contributed by atoms with Crippen LogP contribution in [0, 0.1) is 13.8 Å². The lowest BCUT2D eigenvalue weighted by atomic mass is 10.1. The van der Waals surface area contributed by atoms with Gasteiger partial charge in [-0.05, 0) is 44.9 Å². The van der Waals surface area contributed by atoms with Crippen molar-refractivity contribution in [1.82, 2.24) is 15.1 Å². The Balaban J connectivity index is 2.02. The smallest absolute Gasteiger partial charge is 0.0625 e. The summed E-state index contributed by atoms with van der Waals surface area (Å²) in [5.74, 6) is 0. The van der Waals surface area contributed by atoms with Crippen molar-refractivity contribution in [3.05, 3.63) is 38.8 Å². The molecule has 1 N–H and O–H groups in total. The van der Waals surface area contributed by atoms with Gasteiger partial charge < -0.3 is 5.32 Å². The summed E-state index contributed by atoms with van der Waals surface area (Å²) in [6.45, 7) is 9.59. The minimum atomic E-state index is 0.380. The molecule has 0 amide bonds. The molecule has 0 aromatic carbocycles. The molecule has 19 heavy (non-hydrogen) atoms. The number of aryl methyl sites for hydroxylation is 4.